The van der Waals surface area contributed by atoms with Crippen LogP contribution in [0.2, 0.25) is 0 Å². The molecule has 2 heterocycles. The van der Waals surface area contributed by atoms with Gasteiger partial charge in [0.25, 0.3) is 5.91 Å². The molecule has 0 unspecified atom stereocenters. The van der Waals surface area contributed by atoms with E-state index in [1.807, 2.05) is 18.2 Å². The van der Waals surface area contributed by atoms with Crippen molar-refractivity contribution in [3.05, 3.63) is 53.7 Å². The second-order valence-electron chi connectivity index (χ2n) is 5.85. The van der Waals surface area contributed by atoms with E-state index in [9.17, 15) is 9.59 Å². The van der Waals surface area contributed by atoms with Crippen molar-refractivity contribution in [2.24, 2.45) is 0 Å². The lowest BCUT2D eigenvalue weighted by atomic mass is 10.2. The number of anilines is 1. The lowest BCUT2D eigenvalue weighted by Gasteiger charge is -2.10. The van der Waals surface area contributed by atoms with E-state index in [0.29, 0.717) is 22.9 Å². The Bertz CT molecular complexity index is 969. The zero-order valence-electron chi connectivity index (χ0n) is 15.9. The predicted molar refractivity (Wildman–Crippen MR) is 108 cm³/mol. The third kappa shape index (κ3) is 5.76. The highest BCUT2D eigenvalue weighted by atomic mass is 32.1. The van der Waals surface area contributed by atoms with Crippen LogP contribution in [0.15, 0.2) is 48.0 Å². The number of benzene rings is 1. The molecule has 0 bridgehead atoms. The van der Waals surface area contributed by atoms with Gasteiger partial charge < -0.3 is 19.5 Å². The van der Waals surface area contributed by atoms with E-state index in [4.69, 9.17) is 14.2 Å². The van der Waals surface area contributed by atoms with Gasteiger partial charge in [0.05, 0.1) is 32.0 Å². The van der Waals surface area contributed by atoms with Crippen molar-refractivity contribution in [3.8, 4) is 22.2 Å². The van der Waals surface area contributed by atoms with Crippen molar-refractivity contribution >= 4 is 28.9 Å². The fraction of sp³-hybridized carbons (Fsp3) is 0.200. The molecule has 150 valence electrons. The molecule has 3 rings (SSSR count). The number of pyridine rings is 1. The summed E-state index contributed by atoms with van der Waals surface area (Å²) in [6, 6.07) is 10.5. The molecule has 9 heteroatoms. The number of amides is 1. The Morgan fingerprint density at radius 3 is 2.52 bits per heavy atom. The molecule has 8 nitrogen and oxygen atoms in total. The van der Waals surface area contributed by atoms with Gasteiger partial charge in [0.2, 0.25) is 0 Å². The fourth-order valence-electron chi connectivity index (χ4n) is 2.42. The van der Waals surface area contributed by atoms with Crippen LogP contribution >= 0.6 is 11.3 Å². The summed E-state index contributed by atoms with van der Waals surface area (Å²) in [7, 11) is 3.03. The average Bonchev–Trinajstić information content (AvgIpc) is 3.21. The van der Waals surface area contributed by atoms with Crippen molar-refractivity contribution in [2.45, 2.75) is 6.42 Å². The second kappa shape index (κ2) is 9.65. The molecule has 1 amide bonds. The standard InChI is InChI=1S/C20H19N3O5S/c1-26-15-7-13(8-16(10-15)27-2)22-18(24)11-28-19(25)9-14-12-29-20(23-14)17-5-3-4-6-21-17/h3-8,10,12H,9,11H2,1-2H3,(H,22,24). The molecule has 0 fully saturated rings. The molecule has 0 saturated heterocycles. The number of aromatic nitrogens is 2. The topological polar surface area (TPSA) is 99.6 Å². The number of thiazole rings is 1. The van der Waals surface area contributed by atoms with Gasteiger partial charge >= 0.3 is 5.97 Å². The highest BCUT2D eigenvalue weighted by Gasteiger charge is 2.13. The fourth-order valence-corrected chi connectivity index (χ4v) is 3.21. The Kier molecular flexibility index (Phi) is 6.75. The minimum Gasteiger partial charge on any atom is -0.497 e. The van der Waals surface area contributed by atoms with Crippen molar-refractivity contribution in [3.63, 3.8) is 0 Å². The third-order valence-electron chi connectivity index (χ3n) is 3.76. The number of esters is 1. The van der Waals surface area contributed by atoms with E-state index in [0.717, 1.165) is 10.7 Å². The van der Waals surface area contributed by atoms with E-state index >= 15 is 0 Å². The smallest absolute Gasteiger partial charge is 0.312 e. The number of nitrogens with one attached hydrogen (secondary N) is 1. The maximum atomic E-state index is 12.1. The first-order valence-corrected chi connectivity index (χ1v) is 9.49. The van der Waals surface area contributed by atoms with Crippen molar-refractivity contribution < 1.29 is 23.8 Å². The third-order valence-corrected chi connectivity index (χ3v) is 4.67. The van der Waals surface area contributed by atoms with Crippen LogP contribution in [0.25, 0.3) is 10.7 Å². The number of carbonyl (C=O) groups excluding carboxylic acids is 2. The van der Waals surface area contributed by atoms with E-state index in [2.05, 4.69) is 15.3 Å². The van der Waals surface area contributed by atoms with Crippen molar-refractivity contribution in [2.75, 3.05) is 26.1 Å². The molecule has 1 N–H and O–H groups in total. The number of hydrogen-bond donors (Lipinski definition) is 1. The summed E-state index contributed by atoms with van der Waals surface area (Å²) < 4.78 is 15.3. The minimum atomic E-state index is -0.541. The molecule has 1 aromatic carbocycles. The lowest BCUT2D eigenvalue weighted by Crippen LogP contribution is -2.21. The van der Waals surface area contributed by atoms with Gasteiger partial charge in [0.1, 0.15) is 16.5 Å². The molecule has 29 heavy (non-hydrogen) atoms. The van der Waals surface area contributed by atoms with Gasteiger partial charge in [0.15, 0.2) is 6.61 Å². The lowest BCUT2D eigenvalue weighted by molar-refractivity contribution is -0.146. The molecule has 2 aromatic heterocycles. The molecule has 0 aliphatic rings. The molecule has 0 saturated carbocycles. The Hall–Kier alpha value is -3.46. The molecule has 3 aromatic rings. The van der Waals surface area contributed by atoms with Gasteiger partial charge in [-0.3, -0.25) is 14.6 Å². The second-order valence-corrected chi connectivity index (χ2v) is 6.70. The molecule has 0 atom stereocenters. The van der Waals surface area contributed by atoms with Crippen molar-refractivity contribution in [1.29, 1.82) is 0 Å². The summed E-state index contributed by atoms with van der Waals surface area (Å²) in [5, 5.41) is 5.13. The van der Waals surface area contributed by atoms with Crippen LogP contribution in [-0.4, -0.2) is 42.7 Å². The number of nitrogens with zero attached hydrogens (tertiary/aromatic N) is 2. The van der Waals surface area contributed by atoms with Crippen LogP contribution in [-0.2, 0) is 20.7 Å². The molecular formula is C20H19N3O5S. The van der Waals surface area contributed by atoms with E-state index in [1.165, 1.54) is 25.6 Å². The van der Waals surface area contributed by atoms with Crippen LogP contribution in [0.5, 0.6) is 11.5 Å². The van der Waals surface area contributed by atoms with Crippen LogP contribution in [0, 0.1) is 0 Å². The largest absolute Gasteiger partial charge is 0.497 e. The Balaban J connectivity index is 1.51. The van der Waals surface area contributed by atoms with Crippen LogP contribution < -0.4 is 14.8 Å². The quantitative estimate of drug-likeness (QED) is 0.567. The molecular weight excluding hydrogens is 394 g/mol. The molecule has 0 aliphatic heterocycles. The number of methoxy groups -OCH3 is 2. The van der Waals surface area contributed by atoms with Crippen LogP contribution in [0.4, 0.5) is 5.69 Å². The van der Waals surface area contributed by atoms with Gasteiger partial charge in [-0.25, -0.2) is 4.98 Å². The van der Waals surface area contributed by atoms with E-state index < -0.39 is 18.5 Å². The van der Waals surface area contributed by atoms with Crippen molar-refractivity contribution in [1.82, 2.24) is 9.97 Å². The predicted octanol–water partition coefficient (Wildman–Crippen LogP) is 2.95. The molecule has 0 spiro atoms. The van der Waals surface area contributed by atoms with E-state index in [-0.39, 0.29) is 6.42 Å². The number of carbonyl (C=O) groups is 2. The van der Waals surface area contributed by atoms with Crippen LogP contribution in [0.3, 0.4) is 0 Å². The minimum absolute atomic E-state index is 0.0242. The number of hydrogen-bond acceptors (Lipinski definition) is 8. The first-order valence-electron chi connectivity index (χ1n) is 8.61. The van der Waals surface area contributed by atoms with Gasteiger partial charge in [-0.15, -0.1) is 11.3 Å². The summed E-state index contributed by atoms with van der Waals surface area (Å²) in [5.74, 6) is 0.0510. The Morgan fingerprint density at radius 2 is 1.86 bits per heavy atom. The molecule has 0 aliphatic carbocycles. The van der Waals surface area contributed by atoms with E-state index in [1.54, 1.807) is 29.8 Å². The first-order chi connectivity index (χ1) is 14.1. The Morgan fingerprint density at radius 1 is 1.10 bits per heavy atom. The highest BCUT2D eigenvalue weighted by Crippen LogP contribution is 2.25. The zero-order chi connectivity index (χ0) is 20.6. The summed E-state index contributed by atoms with van der Waals surface area (Å²) in [4.78, 5) is 32.7. The number of ether oxygens (including phenoxy) is 3. The van der Waals surface area contributed by atoms with Gasteiger partial charge in [-0.05, 0) is 12.1 Å². The first kappa shape index (κ1) is 20.3. The summed E-state index contributed by atoms with van der Waals surface area (Å²) >= 11 is 1.39. The zero-order valence-corrected chi connectivity index (χ0v) is 16.7. The molecule has 0 radical (unpaired) electrons. The highest BCUT2D eigenvalue weighted by molar-refractivity contribution is 7.13. The number of rotatable bonds is 8. The van der Waals surface area contributed by atoms with Crippen LogP contribution in [0.1, 0.15) is 5.69 Å². The summed E-state index contributed by atoms with van der Waals surface area (Å²) in [5.41, 5.74) is 1.78. The normalized spacial score (nSPS) is 10.3. The maximum Gasteiger partial charge on any atom is 0.312 e. The van der Waals surface area contributed by atoms with Gasteiger partial charge in [0, 0.05) is 35.5 Å². The SMILES string of the molecule is COc1cc(NC(=O)COC(=O)Cc2csc(-c3ccccn3)n2)cc(OC)c1. The summed E-state index contributed by atoms with van der Waals surface area (Å²) in [6.45, 7) is -0.407. The average molecular weight is 413 g/mol. The monoisotopic (exact) mass is 413 g/mol. The summed E-state index contributed by atoms with van der Waals surface area (Å²) in [6.07, 6.45) is 1.66. The Labute approximate surface area is 171 Å². The maximum absolute atomic E-state index is 12.1. The van der Waals surface area contributed by atoms with Gasteiger partial charge in [-0.2, -0.15) is 0 Å². The van der Waals surface area contributed by atoms with Gasteiger partial charge in [-0.1, -0.05) is 6.07 Å².